The third kappa shape index (κ3) is 3.93. The Bertz CT molecular complexity index is 525. The quantitative estimate of drug-likeness (QED) is 0.834. The van der Waals surface area contributed by atoms with E-state index < -0.39 is 6.10 Å². The maximum Gasteiger partial charge on any atom is 0.254 e. The van der Waals surface area contributed by atoms with Crippen molar-refractivity contribution in [3.8, 4) is 0 Å². The molecule has 1 amide bonds. The number of carbonyl (C=O) groups is 1. The second-order valence-corrected chi connectivity index (χ2v) is 6.72. The van der Waals surface area contributed by atoms with Gasteiger partial charge < -0.3 is 18.9 Å². The van der Waals surface area contributed by atoms with Crippen LogP contribution < -0.4 is 0 Å². The van der Waals surface area contributed by atoms with Crippen LogP contribution in [0.3, 0.4) is 0 Å². The lowest BCUT2D eigenvalue weighted by Gasteiger charge is -2.35. The molecule has 6 nitrogen and oxygen atoms in total. The van der Waals surface area contributed by atoms with Gasteiger partial charge in [0.2, 0.25) is 0 Å². The number of amides is 1. The molecule has 0 spiro atoms. The van der Waals surface area contributed by atoms with Gasteiger partial charge in [0.15, 0.2) is 0 Å². The minimum Gasteiger partial charge on any atom is -0.364 e. The number of rotatable bonds is 5. The van der Waals surface area contributed by atoms with Crippen molar-refractivity contribution in [1.29, 1.82) is 0 Å². The summed E-state index contributed by atoms with van der Waals surface area (Å²) in [4.78, 5) is 18.7. The van der Waals surface area contributed by atoms with Gasteiger partial charge in [0.05, 0.1) is 18.1 Å². The smallest absolute Gasteiger partial charge is 0.254 e. The highest BCUT2D eigenvalue weighted by Gasteiger charge is 2.33. The van der Waals surface area contributed by atoms with E-state index in [-0.39, 0.29) is 12.0 Å². The van der Waals surface area contributed by atoms with E-state index in [1.54, 1.807) is 12.0 Å². The van der Waals surface area contributed by atoms with Gasteiger partial charge in [0.1, 0.15) is 12.8 Å². The number of nitrogens with zero attached hydrogens (tertiary/aromatic N) is 3. The fourth-order valence-corrected chi connectivity index (χ4v) is 3.65. The first kappa shape index (κ1) is 16.5. The lowest BCUT2D eigenvalue weighted by molar-refractivity contribution is -0.167. The van der Waals surface area contributed by atoms with E-state index in [1.165, 1.54) is 32.1 Å². The third-order valence-corrected chi connectivity index (χ3v) is 4.79. The molecular weight excluding hydrogens is 294 g/mol. The third-order valence-electron chi connectivity index (χ3n) is 4.79. The van der Waals surface area contributed by atoms with Crippen LogP contribution in [0.25, 0.3) is 0 Å². The molecule has 2 atom stereocenters. The molecule has 0 N–H and O–H groups in total. The molecule has 1 aromatic rings. The van der Waals surface area contributed by atoms with Gasteiger partial charge in [-0.3, -0.25) is 4.79 Å². The molecule has 0 radical (unpaired) electrons. The highest BCUT2D eigenvalue weighted by molar-refractivity contribution is 5.81. The summed E-state index contributed by atoms with van der Waals surface area (Å²) in [5.74, 6) is -0.00262. The first-order valence-corrected chi connectivity index (χ1v) is 8.63. The van der Waals surface area contributed by atoms with Crippen molar-refractivity contribution in [2.45, 2.75) is 63.7 Å². The van der Waals surface area contributed by atoms with E-state index in [1.807, 2.05) is 13.3 Å². The highest BCUT2D eigenvalue weighted by Crippen LogP contribution is 2.28. The van der Waals surface area contributed by atoms with E-state index in [2.05, 4.69) is 15.7 Å². The van der Waals surface area contributed by atoms with Gasteiger partial charge in [0.25, 0.3) is 5.91 Å². The van der Waals surface area contributed by atoms with Crippen LogP contribution >= 0.6 is 0 Å². The predicted molar refractivity (Wildman–Crippen MR) is 86.0 cm³/mol. The molecule has 1 aliphatic heterocycles. The topological polar surface area (TPSA) is 56.6 Å². The summed E-state index contributed by atoms with van der Waals surface area (Å²) < 4.78 is 13.2. The Balaban J connectivity index is 1.63. The molecule has 1 saturated heterocycles. The molecule has 128 valence electrons. The number of hydrogen-bond donors (Lipinski definition) is 0. The number of imidazole rings is 1. The summed E-state index contributed by atoms with van der Waals surface area (Å²) in [6, 6.07) is 0.567. The van der Waals surface area contributed by atoms with Gasteiger partial charge in [-0.25, -0.2) is 4.98 Å². The SMILES string of the molecule is COCN1C[C@@H](C)OC(Cc2cn(C3CCCCC3)cn2)C1=O. The second-order valence-electron chi connectivity index (χ2n) is 6.72. The van der Waals surface area contributed by atoms with Crippen molar-refractivity contribution in [2.24, 2.45) is 0 Å². The van der Waals surface area contributed by atoms with E-state index in [0.717, 1.165) is 5.69 Å². The Morgan fingerprint density at radius 1 is 1.35 bits per heavy atom. The first-order valence-electron chi connectivity index (χ1n) is 8.63. The van der Waals surface area contributed by atoms with Crippen LogP contribution in [0.1, 0.15) is 50.8 Å². The Kier molecular flexibility index (Phi) is 5.33. The fraction of sp³-hybridized carbons (Fsp3) is 0.765. The standard InChI is InChI=1S/C17H27N3O3/c1-13-9-20(12-22-2)17(21)16(23-13)8-14-10-19(11-18-14)15-6-4-3-5-7-15/h10-11,13,15-16H,3-9,12H2,1-2H3/t13-,16?/m1/s1. The Morgan fingerprint density at radius 3 is 2.87 bits per heavy atom. The highest BCUT2D eigenvalue weighted by atomic mass is 16.5. The molecule has 1 saturated carbocycles. The number of hydrogen-bond acceptors (Lipinski definition) is 4. The first-order chi connectivity index (χ1) is 11.2. The summed E-state index contributed by atoms with van der Waals surface area (Å²) in [7, 11) is 1.61. The predicted octanol–water partition coefficient (Wildman–Crippen LogP) is 2.15. The van der Waals surface area contributed by atoms with Crippen LogP contribution in [0.15, 0.2) is 12.5 Å². The van der Waals surface area contributed by atoms with Crippen molar-refractivity contribution in [3.05, 3.63) is 18.2 Å². The molecule has 2 heterocycles. The molecule has 1 aromatic heterocycles. The number of aromatic nitrogens is 2. The Hall–Kier alpha value is -1.40. The minimum absolute atomic E-state index is 0.00262. The van der Waals surface area contributed by atoms with Gasteiger partial charge >= 0.3 is 0 Å². The monoisotopic (exact) mass is 321 g/mol. The van der Waals surface area contributed by atoms with Crippen LogP contribution in [0.5, 0.6) is 0 Å². The summed E-state index contributed by atoms with van der Waals surface area (Å²) >= 11 is 0. The maximum absolute atomic E-state index is 12.5. The van der Waals surface area contributed by atoms with Crippen LogP contribution in [-0.4, -0.2) is 53.0 Å². The summed E-state index contributed by atoms with van der Waals surface area (Å²) in [6.45, 7) is 2.89. The number of morpholine rings is 1. The largest absolute Gasteiger partial charge is 0.364 e. The second kappa shape index (κ2) is 7.45. The number of ether oxygens (including phenoxy) is 2. The lowest BCUT2D eigenvalue weighted by Crippen LogP contribution is -2.52. The zero-order valence-corrected chi connectivity index (χ0v) is 14.1. The lowest BCUT2D eigenvalue weighted by atomic mass is 9.95. The molecule has 0 aromatic carbocycles. The molecule has 2 fully saturated rings. The van der Waals surface area contributed by atoms with Gasteiger partial charge in [-0.15, -0.1) is 0 Å². The zero-order valence-electron chi connectivity index (χ0n) is 14.1. The summed E-state index contributed by atoms with van der Waals surface area (Å²) in [5.41, 5.74) is 0.931. The average Bonchev–Trinajstić information content (AvgIpc) is 3.01. The van der Waals surface area contributed by atoms with E-state index in [0.29, 0.717) is 25.7 Å². The van der Waals surface area contributed by atoms with Crippen molar-refractivity contribution in [3.63, 3.8) is 0 Å². The van der Waals surface area contributed by atoms with Crippen molar-refractivity contribution in [2.75, 3.05) is 20.4 Å². The maximum atomic E-state index is 12.5. The molecule has 3 rings (SSSR count). The van der Waals surface area contributed by atoms with E-state index in [9.17, 15) is 4.79 Å². The van der Waals surface area contributed by atoms with Crippen molar-refractivity contribution >= 4 is 5.91 Å². The average molecular weight is 321 g/mol. The molecule has 1 aliphatic carbocycles. The molecule has 1 unspecified atom stereocenters. The minimum atomic E-state index is -0.455. The van der Waals surface area contributed by atoms with Crippen LogP contribution in [-0.2, 0) is 20.7 Å². The van der Waals surface area contributed by atoms with Crippen LogP contribution in [0.4, 0.5) is 0 Å². The summed E-state index contributed by atoms with van der Waals surface area (Å²) in [6.07, 6.45) is 10.5. The fourth-order valence-electron chi connectivity index (χ4n) is 3.65. The van der Waals surface area contributed by atoms with Crippen molar-refractivity contribution in [1.82, 2.24) is 14.5 Å². The van der Waals surface area contributed by atoms with Crippen molar-refractivity contribution < 1.29 is 14.3 Å². The summed E-state index contributed by atoms with van der Waals surface area (Å²) in [5, 5.41) is 0. The van der Waals surface area contributed by atoms with Gasteiger partial charge in [-0.2, -0.15) is 0 Å². The molecule has 6 heteroatoms. The van der Waals surface area contributed by atoms with E-state index >= 15 is 0 Å². The Labute approximate surface area is 137 Å². The zero-order chi connectivity index (χ0) is 16.2. The van der Waals surface area contributed by atoms with Gasteiger partial charge in [-0.05, 0) is 19.8 Å². The molecule has 2 aliphatic rings. The van der Waals surface area contributed by atoms with Gasteiger partial charge in [0, 0.05) is 32.3 Å². The van der Waals surface area contributed by atoms with E-state index in [4.69, 9.17) is 9.47 Å². The van der Waals surface area contributed by atoms with Crippen LogP contribution in [0.2, 0.25) is 0 Å². The number of carbonyl (C=O) groups excluding carboxylic acids is 1. The molecule has 23 heavy (non-hydrogen) atoms. The normalized spacial score (nSPS) is 26.7. The molecular formula is C17H27N3O3. The number of methoxy groups -OCH3 is 1. The van der Waals surface area contributed by atoms with Crippen LogP contribution in [0, 0.1) is 0 Å². The molecule has 0 bridgehead atoms. The Morgan fingerprint density at radius 2 is 2.13 bits per heavy atom. The van der Waals surface area contributed by atoms with Gasteiger partial charge in [-0.1, -0.05) is 19.3 Å².